The van der Waals surface area contributed by atoms with Crippen molar-refractivity contribution in [1.29, 1.82) is 0 Å². The van der Waals surface area contributed by atoms with Crippen LogP contribution in [0.2, 0.25) is 0 Å². The van der Waals surface area contributed by atoms with Crippen LogP contribution in [0.3, 0.4) is 0 Å². The van der Waals surface area contributed by atoms with E-state index >= 15 is 0 Å². The fourth-order valence-electron chi connectivity index (χ4n) is 3.32. The molecule has 2 unspecified atom stereocenters. The SMILES string of the molecule is CCOC(=O)C(C(=O)c1ccccc1)C(NC(=O)OCc1ccccc1)c1ccccc1. The minimum atomic E-state index is -1.27. The highest BCUT2D eigenvalue weighted by Crippen LogP contribution is 2.27. The van der Waals surface area contributed by atoms with Crippen molar-refractivity contribution >= 4 is 17.8 Å². The Bertz CT molecular complexity index is 1020. The Morgan fingerprint density at radius 1 is 0.781 bits per heavy atom. The van der Waals surface area contributed by atoms with E-state index in [1.54, 1.807) is 61.5 Å². The second-order valence-corrected chi connectivity index (χ2v) is 7.05. The molecule has 0 bridgehead atoms. The minimum Gasteiger partial charge on any atom is -0.465 e. The van der Waals surface area contributed by atoms with Crippen molar-refractivity contribution in [1.82, 2.24) is 5.32 Å². The molecule has 164 valence electrons. The third kappa shape index (κ3) is 6.04. The summed E-state index contributed by atoms with van der Waals surface area (Å²) in [5.74, 6) is -2.43. The zero-order chi connectivity index (χ0) is 22.8. The first kappa shape index (κ1) is 22.7. The Morgan fingerprint density at radius 3 is 1.94 bits per heavy atom. The van der Waals surface area contributed by atoms with Crippen molar-refractivity contribution in [3.8, 4) is 0 Å². The first-order chi connectivity index (χ1) is 15.6. The van der Waals surface area contributed by atoms with Crippen molar-refractivity contribution in [2.75, 3.05) is 6.61 Å². The third-order valence-electron chi connectivity index (χ3n) is 4.86. The van der Waals surface area contributed by atoms with E-state index in [0.29, 0.717) is 11.1 Å². The van der Waals surface area contributed by atoms with Crippen LogP contribution in [-0.4, -0.2) is 24.5 Å². The normalized spacial score (nSPS) is 12.3. The van der Waals surface area contributed by atoms with E-state index in [2.05, 4.69) is 5.32 Å². The molecule has 1 N–H and O–H groups in total. The smallest absolute Gasteiger partial charge is 0.407 e. The number of carbonyl (C=O) groups is 3. The summed E-state index contributed by atoms with van der Waals surface area (Å²) < 4.78 is 10.6. The van der Waals surface area contributed by atoms with Gasteiger partial charge < -0.3 is 14.8 Å². The van der Waals surface area contributed by atoms with Crippen molar-refractivity contribution in [2.24, 2.45) is 5.92 Å². The first-order valence-corrected chi connectivity index (χ1v) is 10.4. The van der Waals surface area contributed by atoms with E-state index in [0.717, 1.165) is 5.56 Å². The molecular weight excluding hydrogens is 406 g/mol. The van der Waals surface area contributed by atoms with E-state index in [-0.39, 0.29) is 13.2 Å². The number of rotatable bonds is 9. The molecule has 6 nitrogen and oxygen atoms in total. The number of amides is 1. The molecule has 0 aromatic heterocycles. The third-order valence-corrected chi connectivity index (χ3v) is 4.86. The van der Waals surface area contributed by atoms with Gasteiger partial charge in [0.1, 0.15) is 12.5 Å². The molecule has 0 aliphatic heterocycles. The lowest BCUT2D eigenvalue weighted by atomic mass is 9.86. The highest BCUT2D eigenvalue weighted by atomic mass is 16.5. The second kappa shape index (κ2) is 11.5. The van der Waals surface area contributed by atoms with Crippen LogP contribution in [0.4, 0.5) is 4.79 Å². The number of ketones is 1. The van der Waals surface area contributed by atoms with Gasteiger partial charge in [-0.25, -0.2) is 4.79 Å². The molecule has 0 spiro atoms. The highest BCUT2D eigenvalue weighted by Gasteiger charge is 2.38. The number of hydrogen-bond donors (Lipinski definition) is 1. The number of esters is 1. The molecule has 0 saturated carbocycles. The Morgan fingerprint density at radius 2 is 1.34 bits per heavy atom. The van der Waals surface area contributed by atoms with Crippen LogP contribution in [0.5, 0.6) is 0 Å². The highest BCUT2D eigenvalue weighted by molar-refractivity contribution is 6.09. The monoisotopic (exact) mass is 431 g/mol. The lowest BCUT2D eigenvalue weighted by Crippen LogP contribution is -2.41. The maximum atomic E-state index is 13.3. The van der Waals surface area contributed by atoms with E-state index in [9.17, 15) is 14.4 Å². The summed E-state index contributed by atoms with van der Waals surface area (Å²) >= 11 is 0. The molecule has 3 rings (SSSR count). The van der Waals surface area contributed by atoms with Gasteiger partial charge in [-0.2, -0.15) is 0 Å². The van der Waals surface area contributed by atoms with Gasteiger partial charge in [-0.05, 0) is 18.1 Å². The summed E-state index contributed by atoms with van der Waals surface area (Å²) in [6.07, 6.45) is -0.738. The molecule has 3 aromatic rings. The van der Waals surface area contributed by atoms with Gasteiger partial charge in [0.05, 0.1) is 12.6 Å². The number of ether oxygens (including phenoxy) is 2. The van der Waals surface area contributed by atoms with Crippen molar-refractivity contribution < 1.29 is 23.9 Å². The number of Topliss-reactive ketones (excluding diaryl/α,β-unsaturated/α-hetero) is 1. The Hall–Kier alpha value is -3.93. The van der Waals surface area contributed by atoms with Gasteiger partial charge in [-0.1, -0.05) is 91.0 Å². The maximum Gasteiger partial charge on any atom is 0.407 e. The molecule has 0 aliphatic carbocycles. The van der Waals surface area contributed by atoms with Crippen LogP contribution in [0, 0.1) is 5.92 Å². The van der Waals surface area contributed by atoms with E-state index in [1.165, 1.54) is 0 Å². The average Bonchev–Trinajstić information content (AvgIpc) is 2.84. The molecule has 3 aromatic carbocycles. The summed E-state index contributed by atoms with van der Waals surface area (Å²) in [5, 5.41) is 2.71. The van der Waals surface area contributed by atoms with Crippen molar-refractivity contribution in [3.63, 3.8) is 0 Å². The fourth-order valence-corrected chi connectivity index (χ4v) is 3.32. The standard InChI is InChI=1S/C26H25NO5/c1-2-31-25(29)22(24(28)21-16-10-5-11-17-21)23(20-14-8-4-9-15-20)27-26(30)32-18-19-12-6-3-7-13-19/h3-17,22-23H,2,18H2,1H3,(H,27,30). The fraction of sp³-hybridized carbons (Fsp3) is 0.192. The predicted molar refractivity (Wildman–Crippen MR) is 120 cm³/mol. The summed E-state index contributed by atoms with van der Waals surface area (Å²) in [6.45, 7) is 1.84. The van der Waals surface area contributed by atoms with Gasteiger partial charge in [-0.15, -0.1) is 0 Å². The predicted octanol–water partition coefficient (Wildman–Crippen LogP) is 4.72. The van der Waals surface area contributed by atoms with Gasteiger partial charge in [0.15, 0.2) is 5.78 Å². The number of benzene rings is 3. The molecule has 6 heteroatoms. The summed E-state index contributed by atoms with van der Waals surface area (Å²) in [5.41, 5.74) is 1.76. The molecule has 0 radical (unpaired) electrons. The van der Waals surface area contributed by atoms with Crippen LogP contribution in [0.15, 0.2) is 91.0 Å². The first-order valence-electron chi connectivity index (χ1n) is 10.4. The largest absolute Gasteiger partial charge is 0.465 e. The number of nitrogens with one attached hydrogen (secondary N) is 1. The molecule has 1 amide bonds. The van der Waals surface area contributed by atoms with Gasteiger partial charge >= 0.3 is 12.1 Å². The van der Waals surface area contributed by atoms with Crippen molar-refractivity contribution in [2.45, 2.75) is 19.6 Å². The van der Waals surface area contributed by atoms with Crippen LogP contribution < -0.4 is 5.32 Å². The molecule has 0 saturated heterocycles. The van der Waals surface area contributed by atoms with Gasteiger partial charge in [0.2, 0.25) is 0 Å². The molecule has 2 atom stereocenters. The van der Waals surface area contributed by atoms with Gasteiger partial charge in [-0.3, -0.25) is 9.59 Å². The lowest BCUT2D eigenvalue weighted by Gasteiger charge is -2.26. The zero-order valence-corrected chi connectivity index (χ0v) is 17.8. The summed E-state index contributed by atoms with van der Waals surface area (Å²) in [6, 6.07) is 25.6. The Balaban J connectivity index is 1.89. The van der Waals surface area contributed by atoms with Crippen LogP contribution in [-0.2, 0) is 20.9 Å². The molecule has 0 fully saturated rings. The second-order valence-electron chi connectivity index (χ2n) is 7.05. The van der Waals surface area contributed by atoms with E-state index in [1.807, 2.05) is 36.4 Å². The van der Waals surface area contributed by atoms with Crippen molar-refractivity contribution in [3.05, 3.63) is 108 Å². The average molecular weight is 431 g/mol. The zero-order valence-electron chi connectivity index (χ0n) is 17.8. The van der Waals surface area contributed by atoms with Gasteiger partial charge in [0.25, 0.3) is 0 Å². The molecule has 32 heavy (non-hydrogen) atoms. The molecule has 0 heterocycles. The quantitative estimate of drug-likeness (QED) is 0.301. The number of hydrogen-bond acceptors (Lipinski definition) is 5. The summed E-state index contributed by atoms with van der Waals surface area (Å²) in [7, 11) is 0. The van der Waals surface area contributed by atoms with Crippen LogP contribution in [0.25, 0.3) is 0 Å². The molecular formula is C26H25NO5. The summed E-state index contributed by atoms with van der Waals surface area (Å²) in [4.78, 5) is 38.9. The van der Waals surface area contributed by atoms with Crippen LogP contribution in [0.1, 0.15) is 34.5 Å². The van der Waals surface area contributed by atoms with E-state index in [4.69, 9.17) is 9.47 Å². The lowest BCUT2D eigenvalue weighted by molar-refractivity contribution is -0.147. The Kier molecular flexibility index (Phi) is 8.15. The van der Waals surface area contributed by atoms with Gasteiger partial charge in [0, 0.05) is 5.56 Å². The number of alkyl carbamates (subject to hydrolysis) is 1. The minimum absolute atomic E-state index is 0.0604. The Labute approximate surface area is 187 Å². The van der Waals surface area contributed by atoms with E-state index < -0.39 is 29.8 Å². The number of carbonyl (C=O) groups excluding carboxylic acids is 3. The van der Waals surface area contributed by atoms with Crippen LogP contribution >= 0.6 is 0 Å². The molecule has 0 aliphatic rings. The topological polar surface area (TPSA) is 81.7 Å². The maximum absolute atomic E-state index is 13.3.